The molecule has 1 aromatic carbocycles. The van der Waals surface area contributed by atoms with Crippen molar-refractivity contribution in [3.05, 3.63) is 42.2 Å². The van der Waals surface area contributed by atoms with Gasteiger partial charge < -0.3 is 19.4 Å². The number of likely N-dealkylation sites (tertiary alicyclic amines) is 1. The number of aromatic nitrogens is 2. The maximum atomic E-state index is 13.2. The normalized spacial score (nSPS) is 23.9. The predicted molar refractivity (Wildman–Crippen MR) is 134 cm³/mol. The van der Waals surface area contributed by atoms with Gasteiger partial charge in [0.2, 0.25) is 5.91 Å². The Labute approximate surface area is 203 Å². The van der Waals surface area contributed by atoms with E-state index >= 15 is 0 Å². The van der Waals surface area contributed by atoms with Crippen molar-refractivity contribution in [1.29, 1.82) is 0 Å². The van der Waals surface area contributed by atoms with Crippen molar-refractivity contribution in [1.82, 2.24) is 19.6 Å². The first kappa shape index (κ1) is 23.2. The number of amides is 1. The molecule has 3 heterocycles. The van der Waals surface area contributed by atoms with E-state index in [0.717, 1.165) is 63.0 Å². The van der Waals surface area contributed by atoms with Gasteiger partial charge >= 0.3 is 0 Å². The lowest BCUT2D eigenvalue weighted by Crippen LogP contribution is -2.51. The number of carbonyl (C=O) groups is 1. The molecular weight excluding hydrogens is 426 g/mol. The van der Waals surface area contributed by atoms with Crippen molar-refractivity contribution in [2.24, 2.45) is 5.92 Å². The molecule has 0 spiro atoms. The largest absolute Gasteiger partial charge is 0.494 e. The zero-order chi connectivity index (χ0) is 23.3. The summed E-state index contributed by atoms with van der Waals surface area (Å²) in [4.78, 5) is 20.3. The van der Waals surface area contributed by atoms with E-state index in [0.29, 0.717) is 12.5 Å². The fraction of sp³-hybridized carbons (Fsp3) is 0.630. The minimum Gasteiger partial charge on any atom is -0.494 e. The molecular formula is C27H39N5O2. The summed E-state index contributed by atoms with van der Waals surface area (Å²) in [6.45, 7) is 9.30. The highest BCUT2D eigenvalue weighted by molar-refractivity contribution is 5.79. The summed E-state index contributed by atoms with van der Waals surface area (Å²) < 4.78 is 7.60. The van der Waals surface area contributed by atoms with Gasteiger partial charge in [0.1, 0.15) is 5.75 Å². The maximum Gasteiger partial charge on any atom is 0.225 e. The SMILES string of the molecule is CCOc1cccc(Cn2cc(N3CCN(C(=O)[C@H]4CC[C@H](N5CCCC5)CC4)CC3)cn2)c1. The smallest absolute Gasteiger partial charge is 0.225 e. The van der Waals surface area contributed by atoms with E-state index in [9.17, 15) is 4.79 Å². The Morgan fingerprint density at radius 2 is 1.79 bits per heavy atom. The van der Waals surface area contributed by atoms with Crippen LogP contribution in [0.15, 0.2) is 36.7 Å². The summed E-state index contributed by atoms with van der Waals surface area (Å²) in [6, 6.07) is 8.92. The van der Waals surface area contributed by atoms with Crippen LogP contribution < -0.4 is 9.64 Å². The summed E-state index contributed by atoms with van der Waals surface area (Å²) in [7, 11) is 0. The van der Waals surface area contributed by atoms with Gasteiger partial charge in [-0.1, -0.05) is 12.1 Å². The van der Waals surface area contributed by atoms with E-state index in [1.807, 2.05) is 29.9 Å². The van der Waals surface area contributed by atoms with Gasteiger partial charge in [0, 0.05) is 44.3 Å². The molecule has 1 saturated carbocycles. The van der Waals surface area contributed by atoms with E-state index < -0.39 is 0 Å². The molecule has 1 aliphatic carbocycles. The Balaban J connectivity index is 1.09. The molecule has 184 valence electrons. The summed E-state index contributed by atoms with van der Waals surface area (Å²) in [5.74, 6) is 1.53. The third-order valence-corrected chi connectivity index (χ3v) is 7.83. The Morgan fingerprint density at radius 3 is 2.53 bits per heavy atom. The molecule has 3 fully saturated rings. The number of benzene rings is 1. The van der Waals surface area contributed by atoms with Crippen LogP contribution in [0.5, 0.6) is 5.75 Å². The van der Waals surface area contributed by atoms with E-state index in [2.05, 4.69) is 38.1 Å². The number of hydrogen-bond donors (Lipinski definition) is 0. The highest BCUT2D eigenvalue weighted by Crippen LogP contribution is 2.31. The van der Waals surface area contributed by atoms with Crippen LogP contribution in [-0.4, -0.2) is 77.4 Å². The molecule has 34 heavy (non-hydrogen) atoms. The molecule has 2 aromatic rings. The molecule has 0 atom stereocenters. The van der Waals surface area contributed by atoms with Gasteiger partial charge in [-0.05, 0) is 76.2 Å². The van der Waals surface area contributed by atoms with Crippen molar-refractivity contribution in [3.63, 3.8) is 0 Å². The van der Waals surface area contributed by atoms with Crippen LogP contribution in [-0.2, 0) is 11.3 Å². The molecule has 0 unspecified atom stereocenters. The Bertz CT molecular complexity index is 938. The third-order valence-electron chi connectivity index (χ3n) is 7.83. The second kappa shape index (κ2) is 10.8. The first-order chi connectivity index (χ1) is 16.7. The molecule has 0 bridgehead atoms. The molecule has 7 heteroatoms. The highest BCUT2D eigenvalue weighted by Gasteiger charge is 2.33. The second-order valence-electron chi connectivity index (χ2n) is 10.0. The van der Waals surface area contributed by atoms with Crippen LogP contribution in [0.1, 0.15) is 51.0 Å². The molecule has 0 N–H and O–H groups in total. The van der Waals surface area contributed by atoms with Crippen LogP contribution in [0.4, 0.5) is 5.69 Å². The van der Waals surface area contributed by atoms with Crippen molar-refractivity contribution >= 4 is 11.6 Å². The fourth-order valence-electron chi connectivity index (χ4n) is 5.93. The van der Waals surface area contributed by atoms with Crippen LogP contribution in [0, 0.1) is 5.92 Å². The van der Waals surface area contributed by atoms with Crippen LogP contribution in [0.2, 0.25) is 0 Å². The first-order valence-electron chi connectivity index (χ1n) is 13.2. The highest BCUT2D eigenvalue weighted by atomic mass is 16.5. The lowest BCUT2D eigenvalue weighted by atomic mass is 9.84. The zero-order valence-corrected chi connectivity index (χ0v) is 20.6. The molecule has 2 saturated heterocycles. The first-order valence-corrected chi connectivity index (χ1v) is 13.2. The van der Waals surface area contributed by atoms with E-state index in [1.165, 1.54) is 44.3 Å². The number of piperazine rings is 1. The van der Waals surface area contributed by atoms with Gasteiger partial charge in [0.15, 0.2) is 0 Å². The summed E-state index contributed by atoms with van der Waals surface area (Å²) >= 11 is 0. The molecule has 7 nitrogen and oxygen atoms in total. The Hall–Kier alpha value is -2.54. The van der Waals surface area contributed by atoms with Gasteiger partial charge in [0.25, 0.3) is 0 Å². The number of anilines is 1. The molecule has 5 rings (SSSR count). The molecule has 3 aliphatic rings. The lowest BCUT2D eigenvalue weighted by molar-refractivity contribution is -0.137. The fourth-order valence-corrected chi connectivity index (χ4v) is 5.93. The molecule has 1 aromatic heterocycles. The van der Waals surface area contributed by atoms with Crippen LogP contribution in [0.25, 0.3) is 0 Å². The zero-order valence-electron chi connectivity index (χ0n) is 20.6. The van der Waals surface area contributed by atoms with Crippen molar-refractivity contribution < 1.29 is 9.53 Å². The minimum atomic E-state index is 0.237. The van der Waals surface area contributed by atoms with E-state index in [-0.39, 0.29) is 5.92 Å². The lowest BCUT2D eigenvalue weighted by Gasteiger charge is -2.39. The molecule has 2 aliphatic heterocycles. The average molecular weight is 466 g/mol. The Kier molecular flexibility index (Phi) is 7.38. The summed E-state index contributed by atoms with van der Waals surface area (Å²) in [5, 5.41) is 4.58. The standard InChI is InChI=1S/C27H39N5O2/c1-2-34-26-7-5-6-22(18-26)20-32-21-25(19-28-32)30-14-16-31(17-15-30)27(33)23-8-10-24(11-9-23)29-12-3-4-13-29/h5-7,18-19,21,23-24H,2-4,8-17,20H2,1H3/t23-,24-. The summed E-state index contributed by atoms with van der Waals surface area (Å²) in [6.07, 6.45) is 11.3. The third kappa shape index (κ3) is 5.40. The average Bonchev–Trinajstić information content (AvgIpc) is 3.57. The Morgan fingerprint density at radius 1 is 1.03 bits per heavy atom. The number of rotatable bonds is 7. The van der Waals surface area contributed by atoms with Crippen LogP contribution in [0.3, 0.4) is 0 Å². The maximum absolute atomic E-state index is 13.2. The topological polar surface area (TPSA) is 53.8 Å². The summed E-state index contributed by atoms with van der Waals surface area (Å²) in [5.41, 5.74) is 2.31. The quantitative estimate of drug-likeness (QED) is 0.625. The predicted octanol–water partition coefficient (Wildman–Crippen LogP) is 3.63. The van der Waals surface area contributed by atoms with Gasteiger partial charge in [-0.15, -0.1) is 0 Å². The number of carbonyl (C=O) groups excluding carboxylic acids is 1. The minimum absolute atomic E-state index is 0.237. The number of ether oxygens (including phenoxy) is 1. The van der Waals surface area contributed by atoms with E-state index in [4.69, 9.17) is 4.74 Å². The van der Waals surface area contributed by atoms with E-state index in [1.54, 1.807) is 0 Å². The van der Waals surface area contributed by atoms with Gasteiger partial charge in [-0.2, -0.15) is 5.10 Å². The molecule has 1 amide bonds. The monoisotopic (exact) mass is 465 g/mol. The van der Waals surface area contributed by atoms with Crippen molar-refractivity contribution in [2.75, 3.05) is 50.8 Å². The molecule has 0 radical (unpaired) electrons. The van der Waals surface area contributed by atoms with Gasteiger partial charge in [-0.3, -0.25) is 9.48 Å². The number of hydrogen-bond acceptors (Lipinski definition) is 5. The number of nitrogens with zero attached hydrogens (tertiary/aromatic N) is 5. The van der Waals surface area contributed by atoms with Crippen LogP contribution >= 0.6 is 0 Å². The second-order valence-corrected chi connectivity index (χ2v) is 10.0. The van der Waals surface area contributed by atoms with Crippen molar-refractivity contribution in [3.8, 4) is 5.75 Å². The van der Waals surface area contributed by atoms with Crippen molar-refractivity contribution in [2.45, 2.75) is 58.0 Å². The van der Waals surface area contributed by atoms with Gasteiger partial charge in [0.05, 0.1) is 25.0 Å². The van der Waals surface area contributed by atoms with Gasteiger partial charge in [-0.25, -0.2) is 0 Å².